The predicted octanol–water partition coefficient (Wildman–Crippen LogP) is 4.20. The summed E-state index contributed by atoms with van der Waals surface area (Å²) in [6, 6.07) is 20.2. The number of nitrogens with zero attached hydrogens (tertiary/aromatic N) is 2. The fourth-order valence-electron chi connectivity index (χ4n) is 5.46. The molecule has 1 fully saturated rings. The number of amides is 2. The molecule has 3 unspecified atom stereocenters. The Kier molecular flexibility index (Phi) is 7.90. The number of likely N-dealkylation sites (tertiary alicyclic amines) is 1. The maximum absolute atomic E-state index is 12.9. The van der Waals surface area contributed by atoms with E-state index >= 15 is 0 Å². The lowest BCUT2D eigenvalue weighted by molar-refractivity contribution is -0.141. The number of carbonyl (C=O) groups is 3. The van der Waals surface area contributed by atoms with Crippen LogP contribution < -0.4 is 20.9 Å². The number of oxazole rings is 1. The minimum absolute atomic E-state index is 0.0960. The molecule has 0 bridgehead atoms. The minimum Gasteiger partial charge on any atom is -0.497 e. The van der Waals surface area contributed by atoms with Gasteiger partial charge in [0.2, 0.25) is 5.91 Å². The molecule has 226 valence electrons. The molecule has 3 heterocycles. The molecule has 3 atom stereocenters. The molecule has 0 spiro atoms. The third-order valence-corrected chi connectivity index (χ3v) is 7.67. The second-order valence-electron chi connectivity index (χ2n) is 10.8. The van der Waals surface area contributed by atoms with Crippen LogP contribution in [0.2, 0.25) is 0 Å². The summed E-state index contributed by atoms with van der Waals surface area (Å²) in [7, 11) is 1.60. The van der Waals surface area contributed by atoms with Crippen LogP contribution in [0.3, 0.4) is 0 Å². The Morgan fingerprint density at radius 2 is 1.89 bits per heavy atom. The monoisotopic (exact) mass is 597 g/mol. The zero-order valence-corrected chi connectivity index (χ0v) is 24.1. The van der Waals surface area contributed by atoms with E-state index in [1.165, 1.54) is 4.90 Å². The molecule has 0 aliphatic carbocycles. The second kappa shape index (κ2) is 12.1. The predicted molar refractivity (Wildman–Crippen MR) is 161 cm³/mol. The van der Waals surface area contributed by atoms with Gasteiger partial charge in [0, 0.05) is 36.4 Å². The number of anilines is 3. The standard InChI is InChI=1S/C32H31N5O7/c1-18-12-27(36-44-18)30(39)37-16-24(25(17-37)31(40)41)20-7-9-21(10-8-20)33-29(38)14-19-6-11-26-28(13-19)43-32(35-26)34-22-4-3-5-23(15-22)42-2/h3-13,15,18,24-25,36H,14,16-17H2,1-2H3,(H,33,38)(H,34,35)(H,40,41). The molecule has 44 heavy (non-hydrogen) atoms. The van der Waals surface area contributed by atoms with Crippen molar-refractivity contribution in [3.8, 4) is 5.75 Å². The zero-order valence-electron chi connectivity index (χ0n) is 24.1. The van der Waals surface area contributed by atoms with E-state index in [0.29, 0.717) is 34.2 Å². The summed E-state index contributed by atoms with van der Waals surface area (Å²) < 4.78 is 11.1. The molecule has 2 aliphatic rings. The zero-order chi connectivity index (χ0) is 30.8. The minimum atomic E-state index is -0.965. The van der Waals surface area contributed by atoms with E-state index in [1.807, 2.05) is 30.3 Å². The average Bonchev–Trinajstić information content (AvgIpc) is 3.75. The van der Waals surface area contributed by atoms with Crippen LogP contribution >= 0.6 is 0 Å². The summed E-state index contributed by atoms with van der Waals surface area (Å²) in [6.45, 7) is 2.16. The maximum Gasteiger partial charge on any atom is 0.308 e. The number of ether oxygens (including phenoxy) is 1. The fraction of sp³-hybridized carbons (Fsp3) is 0.250. The lowest BCUT2D eigenvalue weighted by Crippen LogP contribution is -2.34. The summed E-state index contributed by atoms with van der Waals surface area (Å²) >= 11 is 0. The topological polar surface area (TPSA) is 155 Å². The summed E-state index contributed by atoms with van der Waals surface area (Å²) in [4.78, 5) is 49.0. The third kappa shape index (κ3) is 6.20. The number of carboxylic acid groups (broad SMARTS) is 1. The van der Waals surface area contributed by atoms with Crippen LogP contribution in [0, 0.1) is 5.92 Å². The van der Waals surface area contributed by atoms with E-state index in [1.54, 1.807) is 56.5 Å². The van der Waals surface area contributed by atoms with Crippen LogP contribution in [0.15, 0.2) is 82.9 Å². The molecule has 2 aliphatic heterocycles. The number of hydrogen-bond donors (Lipinski definition) is 4. The number of fused-ring (bicyclic) bond motifs is 1. The Bertz CT molecular complexity index is 1750. The highest BCUT2D eigenvalue weighted by Gasteiger charge is 2.41. The van der Waals surface area contributed by atoms with Gasteiger partial charge in [0.1, 0.15) is 23.1 Å². The highest BCUT2D eigenvalue weighted by molar-refractivity contribution is 5.94. The van der Waals surface area contributed by atoms with Crippen molar-refractivity contribution in [1.29, 1.82) is 0 Å². The van der Waals surface area contributed by atoms with Crippen molar-refractivity contribution < 1.29 is 33.5 Å². The largest absolute Gasteiger partial charge is 0.497 e. The number of rotatable bonds is 9. The number of carbonyl (C=O) groups excluding carboxylic acids is 2. The maximum atomic E-state index is 12.9. The van der Waals surface area contributed by atoms with Crippen LogP contribution in [-0.4, -0.2) is 59.1 Å². The van der Waals surface area contributed by atoms with Crippen LogP contribution in [-0.2, 0) is 25.6 Å². The molecule has 1 saturated heterocycles. The van der Waals surface area contributed by atoms with Crippen LogP contribution in [0.5, 0.6) is 5.75 Å². The Hall–Kier alpha value is -5.36. The summed E-state index contributed by atoms with van der Waals surface area (Å²) in [5, 5.41) is 15.9. The molecular weight excluding hydrogens is 566 g/mol. The van der Waals surface area contributed by atoms with E-state index in [0.717, 1.165) is 16.8 Å². The van der Waals surface area contributed by atoms with Crippen molar-refractivity contribution in [2.24, 2.45) is 5.92 Å². The number of carboxylic acids is 1. The smallest absolute Gasteiger partial charge is 0.308 e. The highest BCUT2D eigenvalue weighted by Crippen LogP contribution is 2.34. The SMILES string of the molecule is COc1cccc(Nc2nc3ccc(CC(=O)Nc4ccc(C5CN(C(=O)C6=CC(C)ON6)CC5C(=O)O)cc4)cc3o2)c1. The second-order valence-corrected chi connectivity index (χ2v) is 10.8. The molecule has 4 aromatic rings. The first-order chi connectivity index (χ1) is 21.2. The number of hydrogen-bond acceptors (Lipinski definition) is 9. The summed E-state index contributed by atoms with van der Waals surface area (Å²) in [5.41, 5.74) is 7.00. The van der Waals surface area contributed by atoms with Gasteiger partial charge >= 0.3 is 5.97 Å². The van der Waals surface area contributed by atoms with E-state index < -0.39 is 17.8 Å². The number of benzene rings is 3. The van der Waals surface area contributed by atoms with Crippen molar-refractivity contribution in [3.63, 3.8) is 0 Å². The van der Waals surface area contributed by atoms with Crippen LogP contribution in [0.1, 0.15) is 24.0 Å². The van der Waals surface area contributed by atoms with E-state index in [4.69, 9.17) is 14.0 Å². The van der Waals surface area contributed by atoms with Crippen molar-refractivity contribution in [3.05, 3.63) is 89.6 Å². The van der Waals surface area contributed by atoms with Gasteiger partial charge in [-0.15, -0.1) is 0 Å². The number of methoxy groups -OCH3 is 1. The third-order valence-electron chi connectivity index (χ3n) is 7.67. The molecule has 3 aromatic carbocycles. The molecule has 12 nitrogen and oxygen atoms in total. The van der Waals surface area contributed by atoms with Gasteiger partial charge < -0.3 is 29.8 Å². The van der Waals surface area contributed by atoms with Crippen LogP contribution in [0.25, 0.3) is 11.1 Å². The Morgan fingerprint density at radius 1 is 1.07 bits per heavy atom. The summed E-state index contributed by atoms with van der Waals surface area (Å²) in [5.74, 6) is -1.92. The van der Waals surface area contributed by atoms with Gasteiger partial charge in [0.15, 0.2) is 5.58 Å². The van der Waals surface area contributed by atoms with Gasteiger partial charge in [-0.3, -0.25) is 24.7 Å². The van der Waals surface area contributed by atoms with Gasteiger partial charge in [0.25, 0.3) is 11.9 Å². The lowest BCUT2D eigenvalue weighted by atomic mass is 9.89. The fourth-order valence-corrected chi connectivity index (χ4v) is 5.46. The molecule has 2 amide bonds. The van der Waals surface area contributed by atoms with Gasteiger partial charge in [0.05, 0.1) is 19.4 Å². The van der Waals surface area contributed by atoms with E-state index in [-0.39, 0.29) is 37.4 Å². The Labute approximate surface area is 252 Å². The Morgan fingerprint density at radius 3 is 2.61 bits per heavy atom. The number of nitrogens with one attached hydrogen (secondary N) is 3. The first-order valence-electron chi connectivity index (χ1n) is 14.1. The number of aliphatic carboxylic acids is 1. The lowest BCUT2D eigenvalue weighted by Gasteiger charge is -2.17. The molecule has 1 aromatic heterocycles. The molecule has 6 rings (SSSR count). The number of aromatic nitrogens is 1. The van der Waals surface area contributed by atoms with Crippen molar-refractivity contribution in [2.75, 3.05) is 30.8 Å². The van der Waals surface area contributed by atoms with Crippen molar-refractivity contribution in [2.45, 2.75) is 25.4 Å². The Balaban J connectivity index is 1.08. The summed E-state index contributed by atoms with van der Waals surface area (Å²) in [6.07, 6.45) is 1.55. The number of hydroxylamine groups is 1. The molecular formula is C32H31N5O7. The molecule has 12 heteroatoms. The van der Waals surface area contributed by atoms with Crippen LogP contribution in [0.4, 0.5) is 17.4 Å². The molecule has 0 saturated carbocycles. The normalized spacial score (nSPS) is 19.4. The van der Waals surface area contributed by atoms with Gasteiger partial charge in [-0.1, -0.05) is 24.3 Å². The first-order valence-corrected chi connectivity index (χ1v) is 14.1. The quantitative estimate of drug-likeness (QED) is 0.221. The first kappa shape index (κ1) is 28.7. The van der Waals surface area contributed by atoms with Crippen molar-refractivity contribution in [1.82, 2.24) is 15.4 Å². The average molecular weight is 598 g/mol. The van der Waals surface area contributed by atoms with Gasteiger partial charge in [-0.25, -0.2) is 0 Å². The highest BCUT2D eigenvalue weighted by atomic mass is 16.7. The van der Waals surface area contributed by atoms with Gasteiger partial charge in [-0.05, 0) is 60.5 Å². The van der Waals surface area contributed by atoms with Crippen molar-refractivity contribution >= 4 is 46.3 Å². The molecule has 0 radical (unpaired) electrons. The molecule has 4 N–H and O–H groups in total. The van der Waals surface area contributed by atoms with E-state index in [9.17, 15) is 19.5 Å². The van der Waals surface area contributed by atoms with E-state index in [2.05, 4.69) is 21.1 Å². The van der Waals surface area contributed by atoms with Gasteiger partial charge in [-0.2, -0.15) is 4.98 Å².